The summed E-state index contributed by atoms with van der Waals surface area (Å²) >= 11 is 1.61. The van der Waals surface area contributed by atoms with Crippen molar-refractivity contribution in [1.29, 1.82) is 0 Å². The average Bonchev–Trinajstić information content (AvgIpc) is 2.63. The molecule has 0 aliphatic heterocycles. The van der Waals surface area contributed by atoms with Gasteiger partial charge in [0, 0.05) is 23.5 Å². The lowest BCUT2D eigenvalue weighted by Gasteiger charge is -2.04. The number of aryl methyl sites for hydroxylation is 1. The molecule has 0 aliphatic carbocycles. The van der Waals surface area contributed by atoms with E-state index in [9.17, 15) is 0 Å². The molecule has 78 valence electrons. The van der Waals surface area contributed by atoms with Gasteiger partial charge in [-0.3, -0.25) is 0 Å². The first kappa shape index (κ1) is 9.85. The predicted octanol–water partition coefficient (Wildman–Crippen LogP) is 1.44. The smallest absolute Gasteiger partial charge is 0.169 e. The van der Waals surface area contributed by atoms with E-state index >= 15 is 0 Å². The minimum Gasteiger partial charge on any atom is -0.381 e. The monoisotopic (exact) mass is 221 g/mol. The first-order valence-electron chi connectivity index (χ1n) is 4.47. The van der Waals surface area contributed by atoms with Crippen LogP contribution >= 0.6 is 11.3 Å². The highest BCUT2D eigenvalue weighted by Gasteiger charge is 2.02. The van der Waals surface area contributed by atoms with Crippen LogP contribution in [0, 0.1) is 6.92 Å². The molecule has 2 rings (SSSR count). The molecule has 0 aromatic carbocycles. The van der Waals surface area contributed by atoms with Gasteiger partial charge in [0.2, 0.25) is 0 Å². The summed E-state index contributed by atoms with van der Waals surface area (Å²) in [6.07, 6.45) is 3.17. The van der Waals surface area contributed by atoms with E-state index in [-0.39, 0.29) is 0 Å². The zero-order valence-corrected chi connectivity index (χ0v) is 9.08. The first-order valence-corrected chi connectivity index (χ1v) is 5.35. The Kier molecular flexibility index (Phi) is 2.77. The summed E-state index contributed by atoms with van der Waals surface area (Å²) in [5, 5.41) is 6.11. The molecule has 2 heterocycles. The quantitative estimate of drug-likeness (QED) is 0.820. The van der Waals surface area contributed by atoms with E-state index in [1.165, 1.54) is 0 Å². The third-order valence-corrected chi connectivity index (χ3v) is 2.77. The molecule has 0 fully saturated rings. The van der Waals surface area contributed by atoms with Crippen LogP contribution in [0.4, 0.5) is 11.6 Å². The highest BCUT2D eigenvalue weighted by Crippen LogP contribution is 2.13. The Labute approximate surface area is 91.4 Å². The van der Waals surface area contributed by atoms with Gasteiger partial charge in [-0.15, -0.1) is 11.3 Å². The van der Waals surface area contributed by atoms with Gasteiger partial charge in [-0.25, -0.2) is 15.0 Å². The summed E-state index contributed by atoms with van der Waals surface area (Å²) in [4.78, 5) is 12.3. The van der Waals surface area contributed by atoms with Gasteiger partial charge in [0.15, 0.2) is 11.6 Å². The van der Waals surface area contributed by atoms with E-state index in [0.29, 0.717) is 18.2 Å². The van der Waals surface area contributed by atoms with Gasteiger partial charge in [0.1, 0.15) is 5.01 Å². The van der Waals surface area contributed by atoms with Crippen molar-refractivity contribution in [3.8, 4) is 0 Å². The summed E-state index contributed by atoms with van der Waals surface area (Å²) in [5.74, 6) is 1.01. The van der Waals surface area contributed by atoms with Crippen molar-refractivity contribution in [2.75, 3.05) is 11.1 Å². The standard InChI is InChI=1S/C9H11N5S/c1-6-5-15-7(14-6)4-13-9-8(10)11-2-3-12-9/h2-3,5H,4H2,1H3,(H2,10,11)(H,12,13). The number of aromatic nitrogens is 3. The number of nitrogens with two attached hydrogens (primary N) is 1. The molecule has 15 heavy (non-hydrogen) atoms. The summed E-state index contributed by atoms with van der Waals surface area (Å²) in [6.45, 7) is 2.60. The fourth-order valence-corrected chi connectivity index (χ4v) is 1.84. The second-order valence-electron chi connectivity index (χ2n) is 3.03. The average molecular weight is 221 g/mol. The Morgan fingerprint density at radius 3 is 2.87 bits per heavy atom. The molecule has 0 radical (unpaired) electrons. The fraction of sp³-hybridized carbons (Fsp3) is 0.222. The molecule has 0 amide bonds. The van der Waals surface area contributed by atoms with Gasteiger partial charge in [-0.1, -0.05) is 0 Å². The maximum atomic E-state index is 5.64. The van der Waals surface area contributed by atoms with Crippen molar-refractivity contribution in [2.45, 2.75) is 13.5 Å². The Morgan fingerprint density at radius 1 is 1.40 bits per heavy atom. The van der Waals surface area contributed by atoms with E-state index in [2.05, 4.69) is 20.3 Å². The normalized spacial score (nSPS) is 10.2. The van der Waals surface area contributed by atoms with Crippen molar-refractivity contribution in [3.05, 3.63) is 28.5 Å². The van der Waals surface area contributed by atoms with Crippen LogP contribution in [0.2, 0.25) is 0 Å². The largest absolute Gasteiger partial charge is 0.381 e. The fourth-order valence-electron chi connectivity index (χ4n) is 1.13. The van der Waals surface area contributed by atoms with Gasteiger partial charge in [0.05, 0.1) is 6.54 Å². The summed E-state index contributed by atoms with van der Waals surface area (Å²) < 4.78 is 0. The zero-order valence-electron chi connectivity index (χ0n) is 8.27. The lowest BCUT2D eigenvalue weighted by molar-refractivity contribution is 1.05. The number of nitrogens with zero attached hydrogens (tertiary/aromatic N) is 3. The molecular formula is C9H11N5S. The summed E-state index contributed by atoms with van der Waals surface area (Å²) in [5.41, 5.74) is 6.67. The van der Waals surface area contributed by atoms with Crippen LogP contribution in [0.3, 0.4) is 0 Å². The Morgan fingerprint density at radius 2 is 2.20 bits per heavy atom. The molecule has 0 aliphatic rings. The number of hydrogen-bond donors (Lipinski definition) is 2. The van der Waals surface area contributed by atoms with Crippen LogP contribution in [0.25, 0.3) is 0 Å². The van der Waals surface area contributed by atoms with E-state index in [1.54, 1.807) is 23.7 Å². The van der Waals surface area contributed by atoms with E-state index in [0.717, 1.165) is 10.7 Å². The number of nitrogens with one attached hydrogen (secondary N) is 1. The Balaban J connectivity index is 2.02. The first-order chi connectivity index (χ1) is 7.25. The van der Waals surface area contributed by atoms with Crippen molar-refractivity contribution < 1.29 is 0 Å². The molecule has 0 unspecified atom stereocenters. The third-order valence-electron chi connectivity index (χ3n) is 1.80. The third kappa shape index (κ3) is 2.41. The van der Waals surface area contributed by atoms with Gasteiger partial charge in [0.25, 0.3) is 0 Å². The molecule has 0 atom stereocenters. The topological polar surface area (TPSA) is 76.7 Å². The lowest BCUT2D eigenvalue weighted by atomic mass is 10.5. The van der Waals surface area contributed by atoms with E-state index in [4.69, 9.17) is 5.73 Å². The highest BCUT2D eigenvalue weighted by molar-refractivity contribution is 7.09. The number of anilines is 2. The summed E-state index contributed by atoms with van der Waals surface area (Å²) in [6, 6.07) is 0. The molecule has 5 nitrogen and oxygen atoms in total. The number of hydrogen-bond acceptors (Lipinski definition) is 6. The van der Waals surface area contributed by atoms with Crippen molar-refractivity contribution in [2.24, 2.45) is 0 Å². The van der Waals surface area contributed by atoms with Gasteiger partial charge in [-0.05, 0) is 6.92 Å². The molecule has 0 saturated heterocycles. The number of thiazole rings is 1. The van der Waals surface area contributed by atoms with Crippen LogP contribution in [0.1, 0.15) is 10.7 Å². The molecule has 0 saturated carbocycles. The Bertz CT molecular complexity index is 453. The molecule has 6 heteroatoms. The minimum atomic E-state index is 0.408. The SMILES string of the molecule is Cc1csc(CNc2nccnc2N)n1. The van der Waals surface area contributed by atoms with Crippen LogP contribution in [-0.4, -0.2) is 15.0 Å². The van der Waals surface area contributed by atoms with Crippen molar-refractivity contribution >= 4 is 23.0 Å². The van der Waals surface area contributed by atoms with Crippen molar-refractivity contribution in [3.63, 3.8) is 0 Å². The van der Waals surface area contributed by atoms with Crippen molar-refractivity contribution in [1.82, 2.24) is 15.0 Å². The zero-order chi connectivity index (χ0) is 10.7. The van der Waals surface area contributed by atoms with Crippen LogP contribution in [-0.2, 0) is 6.54 Å². The lowest BCUT2D eigenvalue weighted by Crippen LogP contribution is -2.05. The molecule has 0 bridgehead atoms. The second kappa shape index (κ2) is 4.22. The molecule has 0 spiro atoms. The maximum Gasteiger partial charge on any atom is 0.169 e. The highest BCUT2D eigenvalue weighted by atomic mass is 32.1. The van der Waals surface area contributed by atoms with E-state index < -0.39 is 0 Å². The molecule has 2 aromatic heterocycles. The van der Waals surface area contributed by atoms with Crippen LogP contribution in [0.15, 0.2) is 17.8 Å². The summed E-state index contributed by atoms with van der Waals surface area (Å²) in [7, 11) is 0. The van der Waals surface area contributed by atoms with E-state index in [1.807, 2.05) is 12.3 Å². The second-order valence-corrected chi connectivity index (χ2v) is 3.97. The van der Waals surface area contributed by atoms with Gasteiger partial charge < -0.3 is 11.1 Å². The number of nitrogen functional groups attached to an aromatic ring is 1. The minimum absolute atomic E-state index is 0.408. The predicted molar refractivity (Wildman–Crippen MR) is 60.6 cm³/mol. The van der Waals surface area contributed by atoms with Gasteiger partial charge in [-0.2, -0.15) is 0 Å². The molecular weight excluding hydrogens is 210 g/mol. The molecule has 2 aromatic rings. The Hall–Kier alpha value is -1.69. The van der Waals surface area contributed by atoms with Crippen LogP contribution < -0.4 is 11.1 Å². The van der Waals surface area contributed by atoms with Crippen LogP contribution in [0.5, 0.6) is 0 Å². The maximum absolute atomic E-state index is 5.64. The van der Waals surface area contributed by atoms with Gasteiger partial charge >= 0.3 is 0 Å². The number of rotatable bonds is 3. The molecule has 3 N–H and O–H groups in total.